The summed E-state index contributed by atoms with van der Waals surface area (Å²) in [4.78, 5) is 11.6. The maximum Gasteiger partial charge on any atom is 0.418 e. The highest BCUT2D eigenvalue weighted by atomic mass is 19.4. The molecule has 118 valence electrons. The van der Waals surface area contributed by atoms with Crippen molar-refractivity contribution >= 4 is 11.8 Å². The minimum absolute atomic E-state index is 0.299. The number of nitrogens with one attached hydrogen (secondary N) is 1. The molecule has 5 nitrogen and oxygen atoms in total. The Morgan fingerprint density at radius 1 is 1.29 bits per heavy atom. The predicted molar refractivity (Wildman–Crippen MR) is 69.0 cm³/mol. The number of halogens is 3. The second kappa shape index (κ2) is 5.80. The molecule has 0 aromatic heterocycles. The highest BCUT2D eigenvalue weighted by molar-refractivity contribution is 5.86. The van der Waals surface area contributed by atoms with Crippen LogP contribution in [0.2, 0.25) is 0 Å². The summed E-state index contributed by atoms with van der Waals surface area (Å²) in [6, 6.07) is 2.85. The van der Waals surface area contributed by atoms with Gasteiger partial charge in [0.1, 0.15) is 11.4 Å². The van der Waals surface area contributed by atoms with Crippen LogP contribution in [-0.2, 0) is 4.74 Å². The molecule has 0 spiro atoms. The largest absolute Gasteiger partial charge is 0.508 e. The van der Waals surface area contributed by atoms with Crippen LogP contribution in [0.15, 0.2) is 18.2 Å². The van der Waals surface area contributed by atoms with E-state index in [4.69, 9.17) is 4.74 Å². The van der Waals surface area contributed by atoms with Gasteiger partial charge in [-0.15, -0.1) is 0 Å². The monoisotopic (exact) mass is 307 g/mol. The maximum absolute atomic E-state index is 12.6. The van der Waals surface area contributed by atoms with Crippen LogP contribution < -0.4 is 5.32 Å². The number of carbonyl (C=O) groups is 1. The average molecular weight is 307 g/mol. The molecular weight excluding hydrogens is 291 g/mol. The highest BCUT2D eigenvalue weighted by Crippen LogP contribution is 2.37. The zero-order chi connectivity index (χ0) is 16.4. The lowest BCUT2D eigenvalue weighted by Gasteiger charge is -2.22. The van der Waals surface area contributed by atoms with Crippen molar-refractivity contribution in [3.8, 4) is 5.75 Å². The molecule has 1 atom stereocenters. The van der Waals surface area contributed by atoms with Crippen LogP contribution in [-0.4, -0.2) is 28.1 Å². The molecule has 1 rings (SSSR count). The summed E-state index contributed by atoms with van der Waals surface area (Å²) in [6.45, 7) is 4.78. The zero-order valence-corrected chi connectivity index (χ0v) is 11.7. The van der Waals surface area contributed by atoms with Gasteiger partial charge in [0.25, 0.3) is 0 Å². The number of hydrogen-bond acceptors (Lipinski definition) is 4. The second-order valence-corrected chi connectivity index (χ2v) is 5.34. The molecule has 1 aromatic carbocycles. The van der Waals surface area contributed by atoms with Crippen LogP contribution in [0.1, 0.15) is 32.4 Å². The number of aromatic hydroxyl groups is 1. The van der Waals surface area contributed by atoms with E-state index in [2.05, 4.69) is 5.32 Å². The molecule has 0 heterocycles. The van der Waals surface area contributed by atoms with Crippen LogP contribution in [0, 0.1) is 0 Å². The number of hydrogen-bond donors (Lipinski definition) is 3. The van der Waals surface area contributed by atoms with E-state index in [1.165, 1.54) is 0 Å². The number of aliphatic hydroxyl groups excluding tert-OH is 1. The molecule has 1 aromatic rings. The van der Waals surface area contributed by atoms with Crippen LogP contribution in [0.25, 0.3) is 0 Å². The summed E-state index contributed by atoms with van der Waals surface area (Å²) in [5.41, 5.74) is -1.80. The van der Waals surface area contributed by atoms with E-state index in [9.17, 15) is 28.2 Å². The van der Waals surface area contributed by atoms with Gasteiger partial charge in [0.15, 0.2) is 6.10 Å². The Morgan fingerprint density at radius 2 is 1.86 bits per heavy atom. The smallest absolute Gasteiger partial charge is 0.418 e. The van der Waals surface area contributed by atoms with E-state index < -0.39 is 35.3 Å². The van der Waals surface area contributed by atoms with Gasteiger partial charge in [0.05, 0.1) is 5.69 Å². The first-order valence-corrected chi connectivity index (χ1v) is 5.98. The van der Waals surface area contributed by atoms with E-state index in [0.717, 1.165) is 18.2 Å². The lowest BCUT2D eigenvalue weighted by Crippen LogP contribution is -2.28. The number of alkyl halides is 3. The van der Waals surface area contributed by atoms with Crippen molar-refractivity contribution < 1.29 is 32.9 Å². The van der Waals surface area contributed by atoms with Crippen molar-refractivity contribution in [1.29, 1.82) is 0 Å². The van der Waals surface area contributed by atoms with Gasteiger partial charge < -0.3 is 14.9 Å². The van der Waals surface area contributed by atoms with Gasteiger partial charge in [-0.2, -0.15) is 13.2 Å². The number of carbonyl (C=O) groups excluding carboxylic acids is 1. The summed E-state index contributed by atoms with van der Waals surface area (Å²) in [5, 5.41) is 20.6. The molecule has 21 heavy (non-hydrogen) atoms. The molecule has 0 aliphatic heterocycles. The predicted octanol–water partition coefficient (Wildman–Crippen LogP) is 3.33. The Bertz CT molecular complexity index is 523. The number of amides is 1. The van der Waals surface area contributed by atoms with E-state index in [-0.39, 0.29) is 5.69 Å². The van der Waals surface area contributed by atoms with E-state index in [0.29, 0.717) is 0 Å². The van der Waals surface area contributed by atoms with Crippen molar-refractivity contribution in [2.24, 2.45) is 0 Å². The first-order chi connectivity index (χ1) is 9.40. The highest BCUT2D eigenvalue weighted by Gasteiger charge is 2.41. The van der Waals surface area contributed by atoms with Crippen LogP contribution in [0.4, 0.5) is 23.7 Å². The first-order valence-electron chi connectivity index (χ1n) is 5.98. The van der Waals surface area contributed by atoms with Gasteiger partial charge in [-0.05, 0) is 39.0 Å². The number of anilines is 1. The third-order valence-electron chi connectivity index (χ3n) is 2.28. The minimum Gasteiger partial charge on any atom is -0.508 e. The zero-order valence-electron chi connectivity index (χ0n) is 11.7. The molecular formula is C13H16F3NO4. The Hall–Kier alpha value is -1.96. The Kier molecular flexibility index (Phi) is 4.72. The molecule has 3 N–H and O–H groups in total. The van der Waals surface area contributed by atoms with Gasteiger partial charge in [-0.1, -0.05) is 0 Å². The number of rotatable bonds is 2. The van der Waals surface area contributed by atoms with E-state index >= 15 is 0 Å². The summed E-state index contributed by atoms with van der Waals surface area (Å²) >= 11 is 0. The lowest BCUT2D eigenvalue weighted by atomic mass is 10.1. The third-order valence-corrected chi connectivity index (χ3v) is 2.28. The average Bonchev–Trinajstić information content (AvgIpc) is 2.26. The van der Waals surface area contributed by atoms with Crippen molar-refractivity contribution in [1.82, 2.24) is 0 Å². The van der Waals surface area contributed by atoms with Gasteiger partial charge in [0.2, 0.25) is 0 Å². The SMILES string of the molecule is CC(C)(C)OC(=O)Nc1ccc(O)cc1C(O)C(F)(F)F. The standard InChI is InChI=1S/C13H16F3NO4/c1-12(2,3)21-11(20)17-9-5-4-7(18)6-8(9)10(19)13(14,15)16/h4-6,10,18-19H,1-3H3,(H,17,20). The number of ether oxygens (including phenoxy) is 1. The fourth-order valence-electron chi connectivity index (χ4n) is 1.48. The Morgan fingerprint density at radius 3 is 2.33 bits per heavy atom. The summed E-state index contributed by atoms with van der Waals surface area (Å²) < 4.78 is 42.7. The topological polar surface area (TPSA) is 78.8 Å². The Labute approximate surface area is 119 Å². The molecule has 0 aliphatic carbocycles. The fraction of sp³-hybridized carbons (Fsp3) is 0.462. The molecule has 0 bridgehead atoms. The summed E-state index contributed by atoms with van der Waals surface area (Å²) in [5.74, 6) is -0.469. The quantitative estimate of drug-likeness (QED) is 0.732. The Balaban J connectivity index is 3.05. The first kappa shape index (κ1) is 17.1. The van der Waals surface area contributed by atoms with Gasteiger partial charge in [0, 0.05) is 5.56 Å². The number of benzene rings is 1. The van der Waals surface area contributed by atoms with Gasteiger partial charge >= 0.3 is 12.3 Å². The van der Waals surface area contributed by atoms with Crippen LogP contribution >= 0.6 is 0 Å². The summed E-state index contributed by atoms with van der Waals surface area (Å²) in [6.07, 6.45) is -8.74. The number of phenols is 1. The molecule has 0 saturated carbocycles. The van der Waals surface area contributed by atoms with Crippen molar-refractivity contribution in [2.45, 2.75) is 38.7 Å². The molecule has 0 aliphatic rings. The van der Waals surface area contributed by atoms with Crippen molar-refractivity contribution in [3.05, 3.63) is 23.8 Å². The maximum atomic E-state index is 12.6. The molecule has 0 saturated heterocycles. The summed E-state index contributed by atoms with van der Waals surface area (Å²) in [7, 11) is 0. The van der Waals surface area contributed by atoms with Crippen molar-refractivity contribution in [3.63, 3.8) is 0 Å². The second-order valence-electron chi connectivity index (χ2n) is 5.34. The number of aliphatic hydroxyl groups is 1. The van der Waals surface area contributed by atoms with Crippen molar-refractivity contribution in [2.75, 3.05) is 5.32 Å². The van der Waals surface area contributed by atoms with Crippen LogP contribution in [0.3, 0.4) is 0 Å². The van der Waals surface area contributed by atoms with Gasteiger partial charge in [-0.25, -0.2) is 4.79 Å². The normalized spacial score (nSPS) is 13.7. The number of phenolic OH excluding ortho intramolecular Hbond substituents is 1. The molecule has 0 fully saturated rings. The van der Waals surface area contributed by atoms with E-state index in [1.54, 1.807) is 20.8 Å². The molecule has 1 amide bonds. The third kappa shape index (κ3) is 5.14. The molecule has 0 radical (unpaired) electrons. The van der Waals surface area contributed by atoms with Crippen LogP contribution in [0.5, 0.6) is 5.75 Å². The lowest BCUT2D eigenvalue weighted by molar-refractivity contribution is -0.206. The minimum atomic E-state index is -4.93. The fourth-order valence-corrected chi connectivity index (χ4v) is 1.48. The molecule has 8 heteroatoms. The molecule has 1 unspecified atom stereocenters. The van der Waals surface area contributed by atoms with Gasteiger partial charge in [-0.3, -0.25) is 5.32 Å². The van der Waals surface area contributed by atoms with E-state index in [1.807, 2.05) is 0 Å².